The van der Waals surface area contributed by atoms with Crippen molar-refractivity contribution in [3.63, 3.8) is 0 Å². The third kappa shape index (κ3) is 2.72. The molecule has 3 nitrogen and oxygen atoms in total. The largest absolute Gasteiger partial charge is 0.339 e. The van der Waals surface area contributed by atoms with Crippen molar-refractivity contribution in [1.82, 2.24) is 9.27 Å². The lowest BCUT2D eigenvalue weighted by molar-refractivity contribution is 0.0713. The number of halogens is 1. The summed E-state index contributed by atoms with van der Waals surface area (Å²) in [4.78, 5) is 14.1. The smallest absolute Gasteiger partial charge is 0.256 e. The molecule has 0 aliphatic carbocycles. The predicted octanol–water partition coefficient (Wildman–Crippen LogP) is 3.30. The molecule has 0 bridgehead atoms. The molecule has 1 aromatic carbocycles. The Morgan fingerprint density at radius 1 is 1.25 bits per heavy atom. The SMILES string of the molecule is O=C(c1cnsc1)N1CCC(c2ccc(F)cc2)CC1. The minimum absolute atomic E-state index is 0.0660. The zero-order chi connectivity index (χ0) is 13.9. The maximum atomic E-state index is 12.9. The summed E-state index contributed by atoms with van der Waals surface area (Å²) in [7, 11) is 0. The minimum atomic E-state index is -0.202. The van der Waals surface area contributed by atoms with E-state index in [1.165, 1.54) is 23.7 Å². The molecule has 1 fully saturated rings. The van der Waals surface area contributed by atoms with Crippen LogP contribution in [0, 0.1) is 5.82 Å². The molecular formula is C15H15FN2OS. The zero-order valence-corrected chi connectivity index (χ0v) is 11.8. The van der Waals surface area contributed by atoms with Crippen molar-refractivity contribution >= 4 is 17.4 Å². The standard InChI is InChI=1S/C15H15FN2OS/c16-14-3-1-11(2-4-14)12-5-7-18(8-6-12)15(19)13-9-17-20-10-13/h1-4,9-10,12H,5-8H2. The van der Waals surface area contributed by atoms with Gasteiger partial charge < -0.3 is 4.90 Å². The maximum absolute atomic E-state index is 12.9. The lowest BCUT2D eigenvalue weighted by atomic mass is 9.89. The highest BCUT2D eigenvalue weighted by Gasteiger charge is 2.24. The number of rotatable bonds is 2. The second kappa shape index (κ2) is 5.71. The van der Waals surface area contributed by atoms with Crippen LogP contribution in [0.3, 0.4) is 0 Å². The summed E-state index contributed by atoms with van der Waals surface area (Å²) in [5.41, 5.74) is 1.84. The quantitative estimate of drug-likeness (QED) is 0.850. The molecule has 104 valence electrons. The van der Waals surface area contributed by atoms with Gasteiger partial charge in [0.1, 0.15) is 5.82 Å². The summed E-state index contributed by atoms with van der Waals surface area (Å²) in [6, 6.07) is 6.70. The predicted molar refractivity (Wildman–Crippen MR) is 76.4 cm³/mol. The first-order valence-corrected chi connectivity index (χ1v) is 7.52. The van der Waals surface area contributed by atoms with Gasteiger partial charge in [-0.05, 0) is 48.0 Å². The number of likely N-dealkylation sites (tertiary alicyclic amines) is 1. The van der Waals surface area contributed by atoms with Crippen LogP contribution in [-0.2, 0) is 0 Å². The number of aromatic nitrogens is 1. The fraction of sp³-hybridized carbons (Fsp3) is 0.333. The molecule has 20 heavy (non-hydrogen) atoms. The zero-order valence-electron chi connectivity index (χ0n) is 11.0. The second-order valence-electron chi connectivity index (χ2n) is 5.03. The van der Waals surface area contributed by atoms with Crippen LogP contribution in [-0.4, -0.2) is 28.3 Å². The normalized spacial score (nSPS) is 16.4. The lowest BCUT2D eigenvalue weighted by Gasteiger charge is -2.32. The van der Waals surface area contributed by atoms with Crippen molar-refractivity contribution < 1.29 is 9.18 Å². The summed E-state index contributed by atoms with van der Waals surface area (Å²) in [5, 5.41) is 1.79. The molecule has 1 amide bonds. The van der Waals surface area contributed by atoms with Crippen LogP contribution < -0.4 is 0 Å². The third-order valence-electron chi connectivity index (χ3n) is 3.80. The Morgan fingerprint density at radius 3 is 2.55 bits per heavy atom. The van der Waals surface area contributed by atoms with Crippen molar-refractivity contribution in [3.05, 3.63) is 52.8 Å². The van der Waals surface area contributed by atoms with Gasteiger partial charge in [0.05, 0.1) is 11.8 Å². The van der Waals surface area contributed by atoms with Crippen LogP contribution in [0.5, 0.6) is 0 Å². The molecule has 5 heteroatoms. The molecule has 3 rings (SSSR count). The van der Waals surface area contributed by atoms with Crippen molar-refractivity contribution in [1.29, 1.82) is 0 Å². The van der Waals surface area contributed by atoms with E-state index in [-0.39, 0.29) is 11.7 Å². The van der Waals surface area contributed by atoms with Gasteiger partial charge in [-0.25, -0.2) is 8.76 Å². The van der Waals surface area contributed by atoms with Gasteiger partial charge in [-0.3, -0.25) is 4.79 Å². The second-order valence-corrected chi connectivity index (χ2v) is 5.69. The highest BCUT2D eigenvalue weighted by molar-refractivity contribution is 7.03. The third-order valence-corrected chi connectivity index (χ3v) is 4.39. The number of nitrogens with zero attached hydrogens (tertiary/aromatic N) is 2. The molecule has 0 radical (unpaired) electrons. The van der Waals surface area contributed by atoms with Gasteiger partial charge >= 0.3 is 0 Å². The number of carbonyl (C=O) groups is 1. The molecule has 2 heterocycles. The number of carbonyl (C=O) groups excluding carboxylic acids is 1. The molecule has 0 atom stereocenters. The highest BCUT2D eigenvalue weighted by Crippen LogP contribution is 2.28. The van der Waals surface area contributed by atoms with Gasteiger partial charge in [-0.1, -0.05) is 12.1 Å². The average molecular weight is 290 g/mol. The van der Waals surface area contributed by atoms with E-state index in [2.05, 4.69) is 4.37 Å². The minimum Gasteiger partial charge on any atom is -0.339 e. The molecule has 2 aromatic rings. The van der Waals surface area contributed by atoms with Crippen LogP contribution >= 0.6 is 11.5 Å². The molecule has 0 N–H and O–H groups in total. The van der Waals surface area contributed by atoms with E-state index in [0.29, 0.717) is 11.5 Å². The number of hydrogen-bond acceptors (Lipinski definition) is 3. The Balaban J connectivity index is 1.62. The van der Waals surface area contributed by atoms with E-state index in [1.807, 2.05) is 17.0 Å². The van der Waals surface area contributed by atoms with E-state index in [1.54, 1.807) is 11.6 Å². The molecule has 1 aliphatic rings. The molecule has 0 spiro atoms. The fourth-order valence-electron chi connectivity index (χ4n) is 2.64. The first-order chi connectivity index (χ1) is 9.74. The van der Waals surface area contributed by atoms with Crippen LogP contribution in [0.4, 0.5) is 4.39 Å². The van der Waals surface area contributed by atoms with Gasteiger partial charge in [0.25, 0.3) is 5.91 Å². The van der Waals surface area contributed by atoms with Crippen LogP contribution in [0.1, 0.15) is 34.7 Å². The van der Waals surface area contributed by atoms with Gasteiger partial charge in [0.2, 0.25) is 0 Å². The van der Waals surface area contributed by atoms with Gasteiger partial charge in [0, 0.05) is 18.5 Å². The molecule has 0 unspecified atom stereocenters. The molecule has 0 saturated carbocycles. The Morgan fingerprint density at radius 2 is 1.95 bits per heavy atom. The fourth-order valence-corrected chi connectivity index (χ4v) is 3.15. The molecule has 1 aliphatic heterocycles. The summed E-state index contributed by atoms with van der Waals surface area (Å²) >= 11 is 1.30. The summed E-state index contributed by atoms with van der Waals surface area (Å²) in [6.07, 6.45) is 3.48. The average Bonchev–Trinajstić information content (AvgIpc) is 3.02. The van der Waals surface area contributed by atoms with E-state index < -0.39 is 0 Å². The van der Waals surface area contributed by atoms with Gasteiger partial charge in [0.15, 0.2) is 0 Å². The Hall–Kier alpha value is -1.75. The summed E-state index contributed by atoms with van der Waals surface area (Å²) < 4.78 is 16.9. The van der Waals surface area contributed by atoms with Gasteiger partial charge in [-0.15, -0.1) is 0 Å². The highest BCUT2D eigenvalue weighted by atomic mass is 32.1. The number of hydrogen-bond donors (Lipinski definition) is 0. The van der Waals surface area contributed by atoms with Crippen molar-refractivity contribution in [2.24, 2.45) is 0 Å². The monoisotopic (exact) mass is 290 g/mol. The maximum Gasteiger partial charge on any atom is 0.256 e. The number of benzene rings is 1. The topological polar surface area (TPSA) is 33.2 Å². The lowest BCUT2D eigenvalue weighted by Crippen LogP contribution is -2.37. The van der Waals surface area contributed by atoms with E-state index >= 15 is 0 Å². The number of piperidine rings is 1. The van der Waals surface area contributed by atoms with Gasteiger partial charge in [-0.2, -0.15) is 0 Å². The van der Waals surface area contributed by atoms with Crippen LogP contribution in [0.2, 0.25) is 0 Å². The van der Waals surface area contributed by atoms with Crippen LogP contribution in [0.25, 0.3) is 0 Å². The first-order valence-electron chi connectivity index (χ1n) is 6.68. The Labute approximate surface area is 121 Å². The van der Waals surface area contributed by atoms with E-state index in [4.69, 9.17) is 0 Å². The Bertz CT molecular complexity index is 574. The Kier molecular flexibility index (Phi) is 3.78. The van der Waals surface area contributed by atoms with Crippen LogP contribution in [0.15, 0.2) is 35.8 Å². The van der Waals surface area contributed by atoms with Crippen molar-refractivity contribution in [3.8, 4) is 0 Å². The van der Waals surface area contributed by atoms with E-state index in [9.17, 15) is 9.18 Å². The van der Waals surface area contributed by atoms with Crippen molar-refractivity contribution in [2.45, 2.75) is 18.8 Å². The molecular weight excluding hydrogens is 275 g/mol. The summed E-state index contributed by atoms with van der Waals surface area (Å²) in [6.45, 7) is 1.49. The van der Waals surface area contributed by atoms with E-state index in [0.717, 1.165) is 31.5 Å². The molecule has 1 aromatic heterocycles. The number of amides is 1. The first kappa shape index (κ1) is 13.2. The summed E-state index contributed by atoms with van der Waals surface area (Å²) in [5.74, 6) is 0.280. The van der Waals surface area contributed by atoms with Crippen molar-refractivity contribution in [2.75, 3.05) is 13.1 Å². The molecule has 1 saturated heterocycles.